The minimum absolute atomic E-state index is 0.711. The van der Waals surface area contributed by atoms with E-state index in [4.69, 9.17) is 16.3 Å². The van der Waals surface area contributed by atoms with Crippen molar-refractivity contribution in [3.63, 3.8) is 0 Å². The molecule has 94 valence electrons. The van der Waals surface area contributed by atoms with Gasteiger partial charge in [-0.2, -0.15) is 0 Å². The summed E-state index contributed by atoms with van der Waals surface area (Å²) in [5.41, 5.74) is 2.05. The van der Waals surface area contributed by atoms with Gasteiger partial charge in [0.2, 0.25) is 0 Å². The summed E-state index contributed by atoms with van der Waals surface area (Å²) < 4.78 is 5.13. The van der Waals surface area contributed by atoms with Gasteiger partial charge >= 0.3 is 0 Å². The lowest BCUT2D eigenvalue weighted by Gasteiger charge is -2.19. The minimum Gasteiger partial charge on any atom is -0.497 e. The summed E-state index contributed by atoms with van der Waals surface area (Å²) in [6.45, 7) is 0.715. The first-order valence-electron chi connectivity index (χ1n) is 5.64. The van der Waals surface area contributed by atoms with Crippen molar-refractivity contribution < 1.29 is 4.74 Å². The Labute approximate surface area is 112 Å². The Balaban J connectivity index is 2.09. The topological polar surface area (TPSA) is 25.4 Å². The fraction of sp³-hybridized carbons (Fsp3) is 0.214. The third-order valence-corrected chi connectivity index (χ3v) is 2.93. The second-order valence-corrected chi connectivity index (χ2v) is 4.46. The van der Waals surface area contributed by atoms with Crippen molar-refractivity contribution in [2.75, 3.05) is 19.1 Å². The molecule has 0 aliphatic rings. The maximum atomic E-state index is 5.94. The summed E-state index contributed by atoms with van der Waals surface area (Å²) in [6.07, 6.45) is 1.72. The number of aromatic nitrogens is 1. The molecule has 0 aliphatic carbocycles. The van der Waals surface area contributed by atoms with Crippen molar-refractivity contribution in [3.05, 3.63) is 53.3 Å². The summed E-state index contributed by atoms with van der Waals surface area (Å²) in [5, 5.41) is 0.711. The van der Waals surface area contributed by atoms with E-state index in [0.29, 0.717) is 11.6 Å². The largest absolute Gasteiger partial charge is 0.497 e. The van der Waals surface area contributed by atoms with Crippen LogP contribution in [0.3, 0.4) is 0 Å². The molecule has 1 aromatic heterocycles. The zero-order valence-electron chi connectivity index (χ0n) is 10.4. The molecule has 0 aliphatic heterocycles. The second-order valence-electron chi connectivity index (χ2n) is 4.02. The lowest BCUT2D eigenvalue weighted by Crippen LogP contribution is -2.16. The second kappa shape index (κ2) is 5.74. The summed E-state index contributed by atoms with van der Waals surface area (Å²) >= 11 is 5.94. The van der Waals surface area contributed by atoms with Crippen molar-refractivity contribution in [1.82, 2.24) is 4.98 Å². The normalized spacial score (nSPS) is 10.2. The van der Waals surface area contributed by atoms with Crippen LogP contribution in [0.15, 0.2) is 42.6 Å². The summed E-state index contributed by atoms with van der Waals surface area (Å²) in [4.78, 5) is 6.40. The van der Waals surface area contributed by atoms with Crippen molar-refractivity contribution in [2.45, 2.75) is 6.54 Å². The fourth-order valence-corrected chi connectivity index (χ4v) is 1.89. The maximum Gasteiger partial charge on any atom is 0.119 e. The summed E-state index contributed by atoms with van der Waals surface area (Å²) in [7, 11) is 3.68. The number of rotatable bonds is 4. The molecule has 2 aromatic rings. The SMILES string of the molecule is COc1ccc(N(C)Cc2cc(Cl)ccn2)cc1. The van der Waals surface area contributed by atoms with Gasteiger partial charge in [-0.05, 0) is 36.4 Å². The van der Waals surface area contributed by atoms with Crippen LogP contribution in [0.1, 0.15) is 5.69 Å². The number of anilines is 1. The van der Waals surface area contributed by atoms with E-state index in [1.54, 1.807) is 19.4 Å². The Kier molecular flexibility index (Phi) is 4.05. The van der Waals surface area contributed by atoms with Gasteiger partial charge in [-0.1, -0.05) is 11.6 Å². The molecule has 0 saturated carbocycles. The first-order valence-corrected chi connectivity index (χ1v) is 6.02. The van der Waals surface area contributed by atoms with Crippen molar-refractivity contribution in [1.29, 1.82) is 0 Å². The zero-order chi connectivity index (χ0) is 13.0. The fourth-order valence-electron chi connectivity index (χ4n) is 1.71. The standard InChI is InChI=1S/C14H15ClN2O/c1-17(10-12-9-11(15)7-8-16-12)13-3-5-14(18-2)6-4-13/h3-9H,10H2,1-2H3. The van der Waals surface area contributed by atoms with Gasteiger partial charge in [-0.3, -0.25) is 4.98 Å². The number of hydrogen-bond acceptors (Lipinski definition) is 3. The lowest BCUT2D eigenvalue weighted by molar-refractivity contribution is 0.415. The predicted octanol–water partition coefficient (Wildman–Crippen LogP) is 3.38. The molecular weight excluding hydrogens is 248 g/mol. The Morgan fingerprint density at radius 2 is 1.94 bits per heavy atom. The first-order chi connectivity index (χ1) is 8.69. The summed E-state index contributed by atoms with van der Waals surface area (Å²) in [5.74, 6) is 0.855. The van der Waals surface area contributed by atoms with Crippen LogP contribution in [0.4, 0.5) is 5.69 Å². The number of pyridine rings is 1. The van der Waals surface area contributed by atoms with E-state index in [-0.39, 0.29) is 0 Å². The van der Waals surface area contributed by atoms with E-state index in [1.165, 1.54) is 0 Å². The van der Waals surface area contributed by atoms with Crippen molar-refractivity contribution in [3.8, 4) is 5.75 Å². The predicted molar refractivity (Wildman–Crippen MR) is 74.3 cm³/mol. The van der Waals surface area contributed by atoms with E-state index < -0.39 is 0 Å². The summed E-state index contributed by atoms with van der Waals surface area (Å²) in [6, 6.07) is 11.6. The highest BCUT2D eigenvalue weighted by molar-refractivity contribution is 6.30. The third-order valence-electron chi connectivity index (χ3n) is 2.69. The molecule has 0 saturated heterocycles. The monoisotopic (exact) mass is 262 g/mol. The maximum absolute atomic E-state index is 5.94. The average Bonchev–Trinajstić information content (AvgIpc) is 2.39. The van der Waals surface area contributed by atoms with Crippen LogP contribution in [-0.2, 0) is 6.54 Å². The van der Waals surface area contributed by atoms with Crippen LogP contribution in [0.5, 0.6) is 5.75 Å². The molecule has 0 fully saturated rings. The smallest absolute Gasteiger partial charge is 0.119 e. The molecular formula is C14H15ClN2O. The van der Waals surface area contributed by atoms with E-state index >= 15 is 0 Å². The van der Waals surface area contributed by atoms with Gasteiger partial charge in [-0.25, -0.2) is 0 Å². The number of hydrogen-bond donors (Lipinski definition) is 0. The van der Waals surface area contributed by atoms with Gasteiger partial charge in [0.1, 0.15) is 5.75 Å². The van der Waals surface area contributed by atoms with Crippen LogP contribution in [0, 0.1) is 0 Å². The number of halogens is 1. The first kappa shape index (κ1) is 12.7. The third kappa shape index (κ3) is 3.14. The number of methoxy groups -OCH3 is 1. The molecule has 0 spiro atoms. The molecule has 2 rings (SSSR count). The molecule has 0 bridgehead atoms. The van der Waals surface area contributed by atoms with Gasteiger partial charge in [0.15, 0.2) is 0 Å². The van der Waals surface area contributed by atoms with Crippen LogP contribution in [0.2, 0.25) is 5.02 Å². The van der Waals surface area contributed by atoms with E-state index in [9.17, 15) is 0 Å². The van der Waals surface area contributed by atoms with Gasteiger partial charge in [0, 0.05) is 24.0 Å². The quantitative estimate of drug-likeness (QED) is 0.845. The number of benzene rings is 1. The van der Waals surface area contributed by atoms with Gasteiger partial charge in [0.05, 0.1) is 19.3 Å². The van der Waals surface area contributed by atoms with Crippen molar-refractivity contribution >= 4 is 17.3 Å². The highest BCUT2D eigenvalue weighted by atomic mass is 35.5. The molecule has 1 aromatic carbocycles. The van der Waals surface area contributed by atoms with Crippen LogP contribution >= 0.6 is 11.6 Å². The molecule has 1 heterocycles. The van der Waals surface area contributed by atoms with Gasteiger partial charge in [0.25, 0.3) is 0 Å². The lowest BCUT2D eigenvalue weighted by atomic mass is 10.2. The molecule has 0 unspecified atom stereocenters. The van der Waals surface area contributed by atoms with E-state index in [0.717, 1.165) is 17.1 Å². The molecule has 3 nitrogen and oxygen atoms in total. The van der Waals surface area contributed by atoms with E-state index in [2.05, 4.69) is 9.88 Å². The zero-order valence-corrected chi connectivity index (χ0v) is 11.2. The Bertz CT molecular complexity index is 513. The minimum atomic E-state index is 0.711. The number of nitrogens with zero attached hydrogens (tertiary/aromatic N) is 2. The molecule has 4 heteroatoms. The van der Waals surface area contributed by atoms with Crippen molar-refractivity contribution in [2.24, 2.45) is 0 Å². The highest BCUT2D eigenvalue weighted by Gasteiger charge is 2.04. The van der Waals surface area contributed by atoms with Gasteiger partial charge in [-0.15, -0.1) is 0 Å². The van der Waals surface area contributed by atoms with Crippen LogP contribution in [-0.4, -0.2) is 19.1 Å². The van der Waals surface area contributed by atoms with Gasteiger partial charge < -0.3 is 9.64 Å². The molecule has 0 amide bonds. The molecule has 18 heavy (non-hydrogen) atoms. The van der Waals surface area contributed by atoms with Crippen LogP contribution < -0.4 is 9.64 Å². The Morgan fingerprint density at radius 3 is 2.56 bits per heavy atom. The Morgan fingerprint density at radius 1 is 1.22 bits per heavy atom. The molecule has 0 N–H and O–H groups in total. The highest BCUT2D eigenvalue weighted by Crippen LogP contribution is 2.19. The number of ether oxygens (including phenoxy) is 1. The van der Waals surface area contributed by atoms with Crippen LogP contribution in [0.25, 0.3) is 0 Å². The molecule has 0 radical (unpaired) electrons. The average molecular weight is 263 g/mol. The Hall–Kier alpha value is -1.74. The van der Waals surface area contributed by atoms with E-state index in [1.807, 2.05) is 37.4 Å². The molecule has 0 atom stereocenters.